The molecule has 10 nitrogen and oxygen atoms in total. The molecule has 1 unspecified atom stereocenters. The number of rotatable bonds is 10. The van der Waals surface area contributed by atoms with Crippen LogP contribution in [-0.4, -0.2) is 61.8 Å². The van der Waals surface area contributed by atoms with Crippen molar-refractivity contribution in [1.82, 2.24) is 16.0 Å². The number of ketones is 1. The van der Waals surface area contributed by atoms with Crippen molar-refractivity contribution in [3.05, 3.63) is 0 Å². The maximum absolute atomic E-state index is 12.6. The van der Waals surface area contributed by atoms with Crippen LogP contribution in [0, 0.1) is 11.8 Å². The van der Waals surface area contributed by atoms with Crippen LogP contribution < -0.4 is 21.7 Å². The Labute approximate surface area is 157 Å². The van der Waals surface area contributed by atoms with Crippen LogP contribution in [0.1, 0.15) is 33.1 Å². The van der Waals surface area contributed by atoms with Gasteiger partial charge < -0.3 is 26.4 Å². The number of carbonyl (C=O) groups is 5. The predicted octanol–water partition coefficient (Wildman–Crippen LogP) is -1.77. The van der Waals surface area contributed by atoms with Crippen molar-refractivity contribution in [3.63, 3.8) is 0 Å². The number of hydrogen-bond acceptors (Lipinski definition) is 6. The SMILES string of the molecule is COCC(=O)[C@H](C[C@@H]1CCNC1=O)NC(=O)C(CC(C)C)NC(=O)C(N)=O. The summed E-state index contributed by atoms with van der Waals surface area (Å²) in [5.41, 5.74) is 4.93. The summed E-state index contributed by atoms with van der Waals surface area (Å²) in [6.07, 6.45) is 0.956. The van der Waals surface area contributed by atoms with Crippen molar-refractivity contribution in [2.24, 2.45) is 17.6 Å². The molecule has 0 aromatic carbocycles. The highest BCUT2D eigenvalue weighted by molar-refractivity contribution is 6.34. The van der Waals surface area contributed by atoms with E-state index in [4.69, 9.17) is 10.5 Å². The second kappa shape index (κ2) is 10.6. The van der Waals surface area contributed by atoms with Gasteiger partial charge in [0.05, 0.1) is 6.04 Å². The van der Waals surface area contributed by atoms with Gasteiger partial charge in [-0.1, -0.05) is 13.8 Å². The lowest BCUT2D eigenvalue weighted by molar-refractivity contribution is -0.139. The zero-order valence-corrected chi connectivity index (χ0v) is 15.9. The third kappa shape index (κ3) is 7.33. The molecular formula is C17H28N4O6. The molecule has 152 valence electrons. The minimum Gasteiger partial charge on any atom is -0.377 e. The van der Waals surface area contributed by atoms with Gasteiger partial charge in [0.2, 0.25) is 11.8 Å². The summed E-state index contributed by atoms with van der Waals surface area (Å²) in [6.45, 7) is 3.98. The summed E-state index contributed by atoms with van der Waals surface area (Å²) < 4.78 is 4.85. The molecule has 0 saturated carbocycles. The minimum atomic E-state index is -1.20. The third-order valence-corrected chi connectivity index (χ3v) is 4.23. The van der Waals surface area contributed by atoms with E-state index in [1.807, 2.05) is 13.8 Å². The molecule has 3 atom stereocenters. The largest absolute Gasteiger partial charge is 0.377 e. The van der Waals surface area contributed by atoms with Gasteiger partial charge in [0, 0.05) is 19.6 Å². The van der Waals surface area contributed by atoms with Crippen LogP contribution >= 0.6 is 0 Å². The lowest BCUT2D eigenvalue weighted by Gasteiger charge is -2.24. The normalized spacial score (nSPS) is 18.5. The summed E-state index contributed by atoms with van der Waals surface area (Å²) in [5, 5.41) is 7.55. The Balaban J connectivity index is 2.88. The highest BCUT2D eigenvalue weighted by atomic mass is 16.5. The topological polar surface area (TPSA) is 157 Å². The molecule has 0 bridgehead atoms. The fourth-order valence-corrected chi connectivity index (χ4v) is 2.87. The smallest absolute Gasteiger partial charge is 0.309 e. The molecule has 10 heteroatoms. The van der Waals surface area contributed by atoms with Crippen LogP contribution in [0.4, 0.5) is 0 Å². The summed E-state index contributed by atoms with van der Waals surface area (Å²) in [6, 6.07) is -1.97. The second-order valence-corrected chi connectivity index (χ2v) is 6.99. The zero-order valence-electron chi connectivity index (χ0n) is 15.9. The Kier molecular flexibility index (Phi) is 8.86. The highest BCUT2D eigenvalue weighted by Crippen LogP contribution is 2.17. The summed E-state index contributed by atoms with van der Waals surface area (Å²) in [5.74, 6) is -3.80. The van der Waals surface area contributed by atoms with Gasteiger partial charge in [-0.25, -0.2) is 0 Å². The van der Waals surface area contributed by atoms with Crippen LogP contribution in [0.15, 0.2) is 0 Å². The molecule has 0 spiro atoms. The van der Waals surface area contributed by atoms with E-state index >= 15 is 0 Å². The van der Waals surface area contributed by atoms with E-state index < -0.39 is 29.8 Å². The number of carbonyl (C=O) groups excluding carboxylic acids is 5. The Bertz CT molecular complexity index is 592. The van der Waals surface area contributed by atoms with Gasteiger partial charge >= 0.3 is 11.8 Å². The number of primary amides is 1. The van der Waals surface area contributed by atoms with E-state index in [9.17, 15) is 24.0 Å². The van der Waals surface area contributed by atoms with E-state index in [-0.39, 0.29) is 43.0 Å². The molecule has 1 aliphatic heterocycles. The quantitative estimate of drug-likeness (QED) is 0.327. The van der Waals surface area contributed by atoms with Gasteiger partial charge in [0.15, 0.2) is 5.78 Å². The molecule has 1 fully saturated rings. The molecule has 0 aromatic rings. The van der Waals surface area contributed by atoms with E-state index in [0.29, 0.717) is 13.0 Å². The Morgan fingerprint density at radius 3 is 2.37 bits per heavy atom. The van der Waals surface area contributed by atoms with E-state index in [0.717, 1.165) is 0 Å². The molecule has 0 radical (unpaired) electrons. The van der Waals surface area contributed by atoms with E-state index in [1.54, 1.807) is 0 Å². The number of hydrogen-bond donors (Lipinski definition) is 4. The van der Waals surface area contributed by atoms with Crippen LogP contribution in [-0.2, 0) is 28.7 Å². The monoisotopic (exact) mass is 384 g/mol. The summed E-state index contributed by atoms with van der Waals surface area (Å²) in [7, 11) is 1.35. The van der Waals surface area contributed by atoms with Gasteiger partial charge in [-0.3, -0.25) is 24.0 Å². The highest BCUT2D eigenvalue weighted by Gasteiger charge is 2.33. The fourth-order valence-electron chi connectivity index (χ4n) is 2.87. The first kappa shape index (κ1) is 22.6. The third-order valence-electron chi connectivity index (χ3n) is 4.23. The van der Waals surface area contributed by atoms with Gasteiger partial charge in [0.1, 0.15) is 12.6 Å². The minimum absolute atomic E-state index is 0.0302. The first-order valence-electron chi connectivity index (χ1n) is 8.85. The molecule has 4 amide bonds. The van der Waals surface area contributed by atoms with Crippen LogP contribution in [0.3, 0.4) is 0 Å². The van der Waals surface area contributed by atoms with Crippen molar-refractivity contribution in [3.8, 4) is 0 Å². The van der Waals surface area contributed by atoms with Crippen molar-refractivity contribution >= 4 is 29.4 Å². The van der Waals surface area contributed by atoms with Crippen LogP contribution in [0.2, 0.25) is 0 Å². The molecule has 1 rings (SSSR count). The maximum atomic E-state index is 12.6. The molecule has 27 heavy (non-hydrogen) atoms. The van der Waals surface area contributed by atoms with Crippen LogP contribution in [0.25, 0.3) is 0 Å². The summed E-state index contributed by atoms with van der Waals surface area (Å²) >= 11 is 0. The van der Waals surface area contributed by atoms with Gasteiger partial charge in [-0.2, -0.15) is 0 Å². The van der Waals surface area contributed by atoms with Crippen LogP contribution in [0.5, 0.6) is 0 Å². The number of ether oxygens (including phenoxy) is 1. The average molecular weight is 384 g/mol. The molecule has 0 aromatic heterocycles. The fraction of sp³-hybridized carbons (Fsp3) is 0.706. The lowest BCUT2D eigenvalue weighted by atomic mass is 9.95. The second-order valence-electron chi connectivity index (χ2n) is 6.99. The maximum Gasteiger partial charge on any atom is 0.309 e. The van der Waals surface area contributed by atoms with Gasteiger partial charge in [-0.05, 0) is 25.2 Å². The zero-order chi connectivity index (χ0) is 20.6. The van der Waals surface area contributed by atoms with Crippen molar-refractivity contribution in [2.75, 3.05) is 20.3 Å². The summed E-state index contributed by atoms with van der Waals surface area (Å²) in [4.78, 5) is 59.3. The average Bonchev–Trinajstić information content (AvgIpc) is 2.98. The first-order chi connectivity index (χ1) is 12.6. The molecule has 0 aliphatic carbocycles. The number of Topliss-reactive ketones (excluding diaryl/α,β-unsaturated/α-hetero) is 1. The van der Waals surface area contributed by atoms with Crippen molar-refractivity contribution in [1.29, 1.82) is 0 Å². The molecular weight excluding hydrogens is 356 g/mol. The van der Waals surface area contributed by atoms with Gasteiger partial charge in [0.25, 0.3) is 0 Å². The molecule has 1 aliphatic rings. The lowest BCUT2D eigenvalue weighted by Crippen LogP contribution is -2.54. The molecule has 1 heterocycles. The Morgan fingerprint density at radius 2 is 1.89 bits per heavy atom. The van der Waals surface area contributed by atoms with E-state index in [1.165, 1.54) is 7.11 Å². The Morgan fingerprint density at radius 1 is 1.22 bits per heavy atom. The predicted molar refractivity (Wildman–Crippen MR) is 95.1 cm³/mol. The number of nitrogens with two attached hydrogens (primary N) is 1. The van der Waals surface area contributed by atoms with E-state index in [2.05, 4.69) is 16.0 Å². The van der Waals surface area contributed by atoms with Gasteiger partial charge in [-0.15, -0.1) is 0 Å². The Hall–Kier alpha value is -2.49. The first-order valence-corrected chi connectivity index (χ1v) is 8.85. The number of nitrogens with one attached hydrogen (secondary N) is 3. The van der Waals surface area contributed by atoms with Crippen molar-refractivity contribution in [2.45, 2.75) is 45.2 Å². The molecule has 1 saturated heterocycles. The van der Waals surface area contributed by atoms with Crippen molar-refractivity contribution < 1.29 is 28.7 Å². The molecule has 5 N–H and O–H groups in total. The number of methoxy groups -OCH3 is 1. The number of amides is 4. The standard InChI is InChI=1S/C17H28N4O6/c1-9(2)6-12(21-17(26)14(18)23)16(25)20-11(13(22)8-27-3)7-10-4-5-19-15(10)24/h9-12H,4-8H2,1-3H3,(H2,18,23)(H,19,24)(H,20,25)(H,21,26)/t10-,11-,12?/m0/s1.